The highest BCUT2D eigenvalue weighted by atomic mass is 19.1. The summed E-state index contributed by atoms with van der Waals surface area (Å²) in [6, 6.07) is 11.4. The van der Waals surface area contributed by atoms with Crippen LogP contribution in [0.2, 0.25) is 0 Å². The summed E-state index contributed by atoms with van der Waals surface area (Å²) in [6.45, 7) is 0.239. The lowest BCUT2D eigenvalue weighted by Crippen LogP contribution is -2.23. The maximum atomic E-state index is 13.7. The van der Waals surface area contributed by atoms with Gasteiger partial charge in [-0.05, 0) is 49.4 Å². The van der Waals surface area contributed by atoms with Gasteiger partial charge in [0.2, 0.25) is 0 Å². The number of ether oxygens (including phenoxy) is 2. The third-order valence-corrected chi connectivity index (χ3v) is 7.20. The van der Waals surface area contributed by atoms with E-state index in [0.717, 1.165) is 48.7 Å². The number of esters is 1. The van der Waals surface area contributed by atoms with Crippen LogP contribution in [0, 0.1) is 11.7 Å². The number of aromatic nitrogens is 4. The van der Waals surface area contributed by atoms with E-state index in [1.165, 1.54) is 32.7 Å². The van der Waals surface area contributed by atoms with Crippen molar-refractivity contribution in [1.82, 2.24) is 24.9 Å². The zero-order chi connectivity index (χ0) is 27.5. The lowest BCUT2D eigenvalue weighted by atomic mass is 9.81. The summed E-state index contributed by atoms with van der Waals surface area (Å²) < 4.78 is 25.5. The number of benzene rings is 2. The predicted octanol–water partition coefficient (Wildman–Crippen LogP) is 3.90. The van der Waals surface area contributed by atoms with Crippen molar-refractivity contribution < 1.29 is 23.5 Å². The van der Waals surface area contributed by atoms with Crippen molar-refractivity contribution >= 4 is 23.2 Å². The van der Waals surface area contributed by atoms with Crippen LogP contribution in [0.4, 0.5) is 10.2 Å². The molecule has 1 aliphatic rings. The highest BCUT2D eigenvalue weighted by Gasteiger charge is 2.31. The SMILES string of the molecule is COc1ccc(F)cc1C(=O)NCc1ccc(-c2nc([C@H]3CC[C@H](C(=O)OC)CC3)n3ncnc(N)c23)cc1. The molecule has 1 saturated carbocycles. The first-order valence-corrected chi connectivity index (χ1v) is 12.7. The number of halogens is 1. The molecule has 202 valence electrons. The molecule has 0 unspecified atom stereocenters. The molecule has 39 heavy (non-hydrogen) atoms. The molecule has 0 saturated heterocycles. The van der Waals surface area contributed by atoms with Gasteiger partial charge in [-0.2, -0.15) is 5.10 Å². The minimum Gasteiger partial charge on any atom is -0.496 e. The minimum atomic E-state index is -0.517. The quantitative estimate of drug-likeness (QED) is 0.343. The predicted molar refractivity (Wildman–Crippen MR) is 141 cm³/mol. The summed E-state index contributed by atoms with van der Waals surface area (Å²) >= 11 is 0. The monoisotopic (exact) mass is 532 g/mol. The van der Waals surface area contributed by atoms with Gasteiger partial charge in [-0.1, -0.05) is 24.3 Å². The number of fused-ring (bicyclic) bond motifs is 1. The Morgan fingerprint density at radius 2 is 1.85 bits per heavy atom. The second-order valence-electron chi connectivity index (χ2n) is 9.52. The Bertz CT molecular complexity index is 1510. The number of carbonyl (C=O) groups excluding carboxylic acids is 2. The fraction of sp³-hybridized carbons (Fsp3) is 0.321. The van der Waals surface area contributed by atoms with Crippen LogP contribution >= 0.6 is 0 Å². The van der Waals surface area contributed by atoms with Crippen LogP contribution < -0.4 is 15.8 Å². The number of amides is 1. The van der Waals surface area contributed by atoms with Crippen molar-refractivity contribution in [3.05, 3.63) is 71.6 Å². The molecule has 1 aliphatic carbocycles. The number of anilines is 1. The Kier molecular flexibility index (Phi) is 7.40. The van der Waals surface area contributed by atoms with E-state index in [4.69, 9.17) is 20.2 Å². The van der Waals surface area contributed by atoms with Crippen LogP contribution in [0.1, 0.15) is 53.3 Å². The first kappa shape index (κ1) is 26.1. The Morgan fingerprint density at radius 1 is 1.10 bits per heavy atom. The Labute approximate surface area is 224 Å². The molecule has 0 bridgehead atoms. The van der Waals surface area contributed by atoms with Crippen LogP contribution in [0.3, 0.4) is 0 Å². The molecule has 3 N–H and O–H groups in total. The first-order valence-electron chi connectivity index (χ1n) is 12.7. The molecule has 0 atom stereocenters. The maximum Gasteiger partial charge on any atom is 0.308 e. The largest absolute Gasteiger partial charge is 0.496 e. The average molecular weight is 533 g/mol. The molecule has 0 spiro atoms. The summed E-state index contributed by atoms with van der Waals surface area (Å²) in [5.74, 6) is 0.316. The first-order chi connectivity index (χ1) is 18.9. The highest BCUT2D eigenvalue weighted by molar-refractivity contribution is 5.97. The van der Waals surface area contributed by atoms with Gasteiger partial charge >= 0.3 is 5.97 Å². The van der Waals surface area contributed by atoms with Gasteiger partial charge in [-0.3, -0.25) is 9.59 Å². The molecule has 2 heterocycles. The lowest BCUT2D eigenvalue weighted by molar-refractivity contribution is -0.146. The van der Waals surface area contributed by atoms with E-state index >= 15 is 0 Å². The van der Waals surface area contributed by atoms with E-state index in [1.807, 2.05) is 24.3 Å². The zero-order valence-corrected chi connectivity index (χ0v) is 21.7. The van der Waals surface area contributed by atoms with Gasteiger partial charge in [0, 0.05) is 18.0 Å². The summed E-state index contributed by atoms with van der Waals surface area (Å²) in [5.41, 5.74) is 9.35. The molecule has 0 radical (unpaired) electrons. The standard InChI is InChI=1S/C28H29FN6O4/c1-38-22-12-11-20(29)13-21(22)27(36)31-14-16-3-5-17(6-4-16)23-24-25(30)32-15-33-35(24)26(34-23)18-7-9-19(10-8-18)28(37)39-2/h3-6,11-13,15,18-19H,7-10,14H2,1-2H3,(H,31,36)(H2,30,32,33)/t18-,19-. The van der Waals surface area contributed by atoms with Gasteiger partial charge in [0.05, 0.1) is 25.7 Å². The Morgan fingerprint density at radius 3 is 2.54 bits per heavy atom. The average Bonchev–Trinajstić information content (AvgIpc) is 3.37. The lowest BCUT2D eigenvalue weighted by Gasteiger charge is -2.25. The van der Waals surface area contributed by atoms with E-state index in [-0.39, 0.29) is 29.9 Å². The molecule has 11 heteroatoms. The zero-order valence-electron chi connectivity index (χ0n) is 21.7. The number of nitrogens with two attached hydrogens (primary N) is 1. The number of methoxy groups -OCH3 is 2. The van der Waals surface area contributed by atoms with Crippen molar-refractivity contribution in [1.29, 1.82) is 0 Å². The molecule has 1 fully saturated rings. The van der Waals surface area contributed by atoms with E-state index in [9.17, 15) is 14.0 Å². The van der Waals surface area contributed by atoms with Crippen LogP contribution in [-0.2, 0) is 16.1 Å². The van der Waals surface area contributed by atoms with Gasteiger partial charge in [-0.15, -0.1) is 0 Å². The van der Waals surface area contributed by atoms with Crippen molar-refractivity contribution in [3.63, 3.8) is 0 Å². The number of rotatable bonds is 7. The van der Waals surface area contributed by atoms with Crippen LogP contribution in [-0.4, -0.2) is 45.7 Å². The molecular formula is C28H29FN6O4. The van der Waals surface area contributed by atoms with Crippen LogP contribution in [0.15, 0.2) is 48.8 Å². The molecule has 4 aromatic rings. The fourth-order valence-electron chi connectivity index (χ4n) is 5.11. The molecule has 2 aromatic carbocycles. The molecule has 5 rings (SSSR count). The van der Waals surface area contributed by atoms with E-state index in [1.54, 1.807) is 4.52 Å². The summed E-state index contributed by atoms with van der Waals surface area (Å²) in [5, 5.41) is 7.24. The summed E-state index contributed by atoms with van der Waals surface area (Å²) in [4.78, 5) is 33.7. The second-order valence-corrected chi connectivity index (χ2v) is 9.52. The van der Waals surface area contributed by atoms with Gasteiger partial charge in [0.1, 0.15) is 34.9 Å². The van der Waals surface area contributed by atoms with E-state index < -0.39 is 11.7 Å². The van der Waals surface area contributed by atoms with Gasteiger partial charge in [0.25, 0.3) is 5.91 Å². The smallest absolute Gasteiger partial charge is 0.308 e. The van der Waals surface area contributed by atoms with E-state index in [2.05, 4.69) is 15.4 Å². The van der Waals surface area contributed by atoms with Gasteiger partial charge < -0.3 is 20.5 Å². The van der Waals surface area contributed by atoms with Crippen molar-refractivity contribution in [2.45, 2.75) is 38.1 Å². The minimum absolute atomic E-state index is 0.0910. The number of hydrogen-bond donors (Lipinski definition) is 2. The van der Waals surface area contributed by atoms with E-state index in [0.29, 0.717) is 22.8 Å². The second kappa shape index (κ2) is 11.1. The Balaban J connectivity index is 1.35. The topological polar surface area (TPSA) is 134 Å². The number of carbonyl (C=O) groups is 2. The van der Waals surface area contributed by atoms with Crippen molar-refractivity contribution in [2.24, 2.45) is 5.92 Å². The maximum absolute atomic E-state index is 13.7. The molecule has 0 aliphatic heterocycles. The molecular weight excluding hydrogens is 503 g/mol. The Hall–Kier alpha value is -4.54. The molecule has 10 nitrogen and oxygen atoms in total. The number of nitrogen functional groups attached to an aromatic ring is 1. The summed E-state index contributed by atoms with van der Waals surface area (Å²) in [7, 11) is 2.85. The highest BCUT2D eigenvalue weighted by Crippen LogP contribution is 2.38. The third-order valence-electron chi connectivity index (χ3n) is 7.20. The fourth-order valence-corrected chi connectivity index (χ4v) is 5.11. The summed E-state index contributed by atoms with van der Waals surface area (Å²) in [6.07, 6.45) is 4.44. The number of nitrogens with zero attached hydrogens (tertiary/aromatic N) is 4. The molecule has 1 amide bonds. The van der Waals surface area contributed by atoms with Crippen molar-refractivity contribution in [2.75, 3.05) is 20.0 Å². The molecule has 2 aromatic heterocycles. The third kappa shape index (κ3) is 5.25. The normalized spacial score (nSPS) is 17.1. The number of nitrogens with one attached hydrogen (secondary N) is 1. The number of hydrogen-bond acceptors (Lipinski definition) is 8. The number of imidazole rings is 1. The van der Waals surface area contributed by atoms with Gasteiger partial charge in [0.15, 0.2) is 5.82 Å². The van der Waals surface area contributed by atoms with Crippen LogP contribution in [0.25, 0.3) is 16.8 Å². The van der Waals surface area contributed by atoms with Crippen molar-refractivity contribution in [3.8, 4) is 17.0 Å². The van der Waals surface area contributed by atoms with Crippen LogP contribution in [0.5, 0.6) is 5.75 Å². The van der Waals surface area contributed by atoms with Gasteiger partial charge in [-0.25, -0.2) is 18.9 Å².